The van der Waals surface area contributed by atoms with Gasteiger partial charge in [0.25, 0.3) is 0 Å². The van der Waals surface area contributed by atoms with Gasteiger partial charge in [-0.25, -0.2) is 15.0 Å². The van der Waals surface area contributed by atoms with Gasteiger partial charge in [-0.15, -0.1) is 34.9 Å². The first-order valence-corrected chi connectivity index (χ1v) is 10.7. The Bertz CT molecular complexity index is 1110. The summed E-state index contributed by atoms with van der Waals surface area (Å²) in [5.74, 6) is 2.22. The number of pyridine rings is 1. The molecule has 0 spiro atoms. The zero-order valence-corrected chi connectivity index (χ0v) is 22.1. The Morgan fingerprint density at radius 1 is 0.903 bits per heavy atom. The molecule has 165 valence electrons. The Morgan fingerprint density at radius 3 is 2.19 bits per heavy atom. The van der Waals surface area contributed by atoms with Gasteiger partial charge < -0.3 is 4.98 Å². The monoisotopic (exact) mass is 592 g/mol. The summed E-state index contributed by atoms with van der Waals surface area (Å²) in [6.07, 6.45) is 2.64. The minimum Gasteiger partial charge on any atom is -0.304 e. The first-order chi connectivity index (χ1) is 14.0. The van der Waals surface area contributed by atoms with Crippen LogP contribution >= 0.6 is 0 Å². The predicted octanol–water partition coefficient (Wildman–Crippen LogP) is 5.86. The molecule has 0 fully saturated rings. The number of hydrogen-bond donors (Lipinski definition) is 0. The average molecular weight is 592 g/mol. The summed E-state index contributed by atoms with van der Waals surface area (Å²) in [6.45, 7) is 18.1. The summed E-state index contributed by atoms with van der Waals surface area (Å²) in [5.41, 5.74) is 5.94. The molecule has 0 N–H and O–H groups in total. The zero-order valence-electron chi connectivity index (χ0n) is 19.7. The molecule has 5 heteroatoms. The third-order valence-corrected chi connectivity index (χ3v) is 7.83. The van der Waals surface area contributed by atoms with Crippen molar-refractivity contribution in [1.29, 1.82) is 0 Å². The molecule has 3 aromatic rings. The van der Waals surface area contributed by atoms with Crippen molar-refractivity contribution < 1.29 is 20.1 Å². The minimum atomic E-state index is 0. The molecule has 0 unspecified atom stereocenters. The molecule has 0 saturated carbocycles. The molecule has 1 radical (unpaired) electrons. The third-order valence-electron chi connectivity index (χ3n) is 7.83. The van der Waals surface area contributed by atoms with Gasteiger partial charge in [0.2, 0.25) is 0 Å². The number of aryl methyl sites for hydroxylation is 2. The van der Waals surface area contributed by atoms with Crippen LogP contribution in [-0.2, 0) is 37.4 Å². The molecule has 4 rings (SSSR count). The Hall–Kier alpha value is -1.97. The summed E-state index contributed by atoms with van der Waals surface area (Å²) in [6, 6.07) is 12.0. The maximum atomic E-state index is 4.72. The standard InChI is InChI=1S/C26H31N4.Ir/c1-9-22-28-16(2)29-23(30-22)18-11-13-21(27-15-18)17-10-12-19-20(14-17)25(5,6)26(7,8)24(19,3)4;/h11-15H,9H2,1-8H3;/q-1;. The molecule has 0 amide bonds. The largest absolute Gasteiger partial charge is 0.304 e. The Balaban J connectivity index is 0.00000272. The number of aromatic nitrogens is 4. The van der Waals surface area contributed by atoms with E-state index in [0.717, 1.165) is 34.9 Å². The Kier molecular flexibility index (Phi) is 6.01. The van der Waals surface area contributed by atoms with Crippen molar-refractivity contribution in [3.05, 3.63) is 59.3 Å². The quantitative estimate of drug-likeness (QED) is 0.358. The molecule has 4 nitrogen and oxygen atoms in total. The molecule has 2 aromatic heterocycles. The van der Waals surface area contributed by atoms with Crippen molar-refractivity contribution in [1.82, 2.24) is 19.9 Å². The van der Waals surface area contributed by atoms with Crippen molar-refractivity contribution in [2.24, 2.45) is 5.41 Å². The van der Waals surface area contributed by atoms with E-state index in [2.05, 4.69) is 74.7 Å². The van der Waals surface area contributed by atoms with Crippen molar-refractivity contribution in [2.45, 2.75) is 72.6 Å². The van der Waals surface area contributed by atoms with Crippen LogP contribution in [0.5, 0.6) is 0 Å². The van der Waals surface area contributed by atoms with Gasteiger partial charge in [0.1, 0.15) is 11.6 Å². The van der Waals surface area contributed by atoms with E-state index in [1.807, 2.05) is 32.2 Å². The van der Waals surface area contributed by atoms with Gasteiger partial charge in [0.05, 0.1) is 0 Å². The number of hydrogen-bond acceptors (Lipinski definition) is 4. The Morgan fingerprint density at radius 2 is 1.58 bits per heavy atom. The van der Waals surface area contributed by atoms with Crippen LogP contribution in [0.25, 0.3) is 22.6 Å². The maximum absolute atomic E-state index is 4.72. The normalized spacial score (nSPS) is 17.7. The second kappa shape index (κ2) is 7.86. The molecule has 0 aliphatic heterocycles. The van der Waals surface area contributed by atoms with Gasteiger partial charge in [-0.3, -0.25) is 0 Å². The second-order valence-corrected chi connectivity index (χ2v) is 9.96. The summed E-state index contributed by atoms with van der Waals surface area (Å²) in [4.78, 5) is 18.1. The number of nitrogens with zero attached hydrogens (tertiary/aromatic N) is 4. The van der Waals surface area contributed by atoms with Gasteiger partial charge in [-0.2, -0.15) is 0 Å². The van der Waals surface area contributed by atoms with Crippen molar-refractivity contribution >= 4 is 0 Å². The fourth-order valence-electron chi connectivity index (χ4n) is 4.64. The van der Waals surface area contributed by atoms with Gasteiger partial charge in [-0.1, -0.05) is 60.6 Å². The van der Waals surface area contributed by atoms with E-state index in [1.54, 1.807) is 0 Å². The molecule has 1 aliphatic carbocycles. The van der Waals surface area contributed by atoms with Gasteiger partial charge in [0.15, 0.2) is 5.82 Å². The third kappa shape index (κ3) is 3.56. The van der Waals surface area contributed by atoms with Crippen LogP contribution in [0.1, 0.15) is 71.2 Å². The molecular formula is C26H31IrN4-. The van der Waals surface area contributed by atoms with Crippen LogP contribution in [0.2, 0.25) is 0 Å². The molecule has 1 aliphatic rings. The fraction of sp³-hybridized carbons (Fsp3) is 0.462. The van der Waals surface area contributed by atoms with Gasteiger partial charge in [0, 0.05) is 38.3 Å². The molecule has 0 bridgehead atoms. The molecule has 31 heavy (non-hydrogen) atoms. The predicted molar refractivity (Wildman–Crippen MR) is 121 cm³/mol. The van der Waals surface area contributed by atoms with Crippen LogP contribution in [0, 0.1) is 18.4 Å². The first-order valence-electron chi connectivity index (χ1n) is 10.7. The van der Waals surface area contributed by atoms with Crippen LogP contribution in [-0.4, -0.2) is 19.9 Å². The summed E-state index contributed by atoms with van der Waals surface area (Å²) in [7, 11) is 0. The maximum Gasteiger partial charge on any atom is 0.164 e. The molecule has 0 atom stereocenters. The minimum absolute atomic E-state index is 0. The summed E-state index contributed by atoms with van der Waals surface area (Å²) < 4.78 is 0. The topological polar surface area (TPSA) is 51.6 Å². The smallest absolute Gasteiger partial charge is 0.164 e. The van der Waals surface area contributed by atoms with E-state index >= 15 is 0 Å². The van der Waals surface area contributed by atoms with Crippen LogP contribution in [0.15, 0.2) is 30.5 Å². The van der Waals surface area contributed by atoms with E-state index < -0.39 is 0 Å². The van der Waals surface area contributed by atoms with E-state index in [-0.39, 0.29) is 36.4 Å². The van der Waals surface area contributed by atoms with E-state index in [9.17, 15) is 0 Å². The van der Waals surface area contributed by atoms with E-state index in [1.165, 1.54) is 11.1 Å². The van der Waals surface area contributed by atoms with Gasteiger partial charge in [-0.05, 0) is 28.9 Å². The van der Waals surface area contributed by atoms with Crippen LogP contribution < -0.4 is 0 Å². The molecule has 0 saturated heterocycles. The average Bonchev–Trinajstić information content (AvgIpc) is 2.82. The molecule has 2 heterocycles. The van der Waals surface area contributed by atoms with Gasteiger partial charge >= 0.3 is 0 Å². The number of benzene rings is 1. The van der Waals surface area contributed by atoms with Crippen molar-refractivity contribution in [3.8, 4) is 22.6 Å². The van der Waals surface area contributed by atoms with E-state index in [4.69, 9.17) is 4.98 Å². The SMILES string of the molecule is CCc1nc(C)nc(-c2ccc(-c3[c-]cc4c(c3)C(C)(C)C(C)(C)C4(C)C)nc2)n1.[Ir]. The van der Waals surface area contributed by atoms with Crippen molar-refractivity contribution in [2.75, 3.05) is 0 Å². The number of rotatable bonds is 3. The number of fused-ring (bicyclic) bond motifs is 1. The zero-order chi connectivity index (χ0) is 21.9. The van der Waals surface area contributed by atoms with Crippen LogP contribution in [0.3, 0.4) is 0 Å². The summed E-state index contributed by atoms with van der Waals surface area (Å²) >= 11 is 0. The summed E-state index contributed by atoms with van der Waals surface area (Å²) in [5, 5.41) is 0. The van der Waals surface area contributed by atoms with E-state index in [0.29, 0.717) is 5.82 Å². The Labute approximate surface area is 199 Å². The van der Waals surface area contributed by atoms with Crippen LogP contribution in [0.4, 0.5) is 0 Å². The second-order valence-electron chi connectivity index (χ2n) is 9.96. The first kappa shape index (κ1) is 23.7. The molecular weight excluding hydrogens is 561 g/mol. The van der Waals surface area contributed by atoms with Crippen molar-refractivity contribution in [3.63, 3.8) is 0 Å². The molecule has 1 aromatic carbocycles. The fourth-order valence-corrected chi connectivity index (χ4v) is 4.64.